The van der Waals surface area contributed by atoms with Crippen LogP contribution in [0.15, 0.2) is 18.2 Å². The van der Waals surface area contributed by atoms with Gasteiger partial charge in [0.1, 0.15) is 5.82 Å². The van der Waals surface area contributed by atoms with Crippen molar-refractivity contribution in [2.45, 2.75) is 32.2 Å². The number of alkyl halides is 1. The summed E-state index contributed by atoms with van der Waals surface area (Å²) in [7, 11) is 0. The third-order valence-corrected chi connectivity index (χ3v) is 3.40. The number of nitrogens with zero attached hydrogens (tertiary/aromatic N) is 2. The van der Waals surface area contributed by atoms with E-state index in [-0.39, 0.29) is 5.38 Å². The van der Waals surface area contributed by atoms with Crippen LogP contribution in [-0.2, 0) is 11.3 Å². The Balaban J connectivity index is 2.30. The van der Waals surface area contributed by atoms with Gasteiger partial charge in [-0.15, -0.1) is 11.6 Å². The molecule has 0 spiro atoms. The second-order valence-corrected chi connectivity index (χ2v) is 5.51. The average Bonchev–Trinajstić information content (AvgIpc) is 2.72. The second kappa shape index (κ2) is 6.60. The summed E-state index contributed by atoms with van der Waals surface area (Å²) in [5.41, 5.74) is 1.97. The van der Waals surface area contributed by atoms with Gasteiger partial charge in [0.15, 0.2) is 0 Å². The number of fused-ring (bicyclic) bond motifs is 1. The van der Waals surface area contributed by atoms with Crippen molar-refractivity contribution in [3.8, 4) is 0 Å². The summed E-state index contributed by atoms with van der Waals surface area (Å²) in [5.74, 6) is 0.885. The summed E-state index contributed by atoms with van der Waals surface area (Å²) < 4.78 is 7.53. The highest BCUT2D eigenvalue weighted by Crippen LogP contribution is 2.26. The SMILES string of the molecule is CCOCCCn1c(C(C)Cl)nc2cc(Cl)ccc21. The van der Waals surface area contributed by atoms with Crippen molar-refractivity contribution < 1.29 is 4.74 Å². The fraction of sp³-hybridized carbons (Fsp3) is 0.500. The predicted octanol–water partition coefficient (Wildman–Crippen LogP) is 4.42. The van der Waals surface area contributed by atoms with Gasteiger partial charge in [-0.05, 0) is 38.5 Å². The molecule has 1 atom stereocenters. The molecule has 1 unspecified atom stereocenters. The smallest absolute Gasteiger partial charge is 0.127 e. The van der Waals surface area contributed by atoms with Crippen LogP contribution in [0.4, 0.5) is 0 Å². The van der Waals surface area contributed by atoms with Crippen LogP contribution < -0.4 is 0 Å². The lowest BCUT2D eigenvalue weighted by molar-refractivity contribution is 0.141. The Morgan fingerprint density at radius 3 is 2.89 bits per heavy atom. The lowest BCUT2D eigenvalue weighted by Gasteiger charge is -2.10. The quantitative estimate of drug-likeness (QED) is 0.583. The Hall–Kier alpha value is -0.770. The van der Waals surface area contributed by atoms with Crippen molar-refractivity contribution >= 4 is 34.2 Å². The number of aryl methyl sites for hydroxylation is 1. The van der Waals surface area contributed by atoms with Crippen LogP contribution in [-0.4, -0.2) is 22.8 Å². The number of imidazole rings is 1. The number of hydrogen-bond donors (Lipinski definition) is 0. The molecule has 19 heavy (non-hydrogen) atoms. The third-order valence-electron chi connectivity index (χ3n) is 2.97. The molecule has 5 heteroatoms. The Kier molecular flexibility index (Phi) is 5.08. The molecule has 0 saturated carbocycles. The van der Waals surface area contributed by atoms with E-state index in [0.717, 1.165) is 43.0 Å². The summed E-state index contributed by atoms with van der Waals surface area (Å²) in [6, 6.07) is 5.75. The highest BCUT2D eigenvalue weighted by molar-refractivity contribution is 6.31. The van der Waals surface area contributed by atoms with E-state index in [1.54, 1.807) is 0 Å². The molecule has 0 aliphatic rings. The summed E-state index contributed by atoms with van der Waals surface area (Å²) in [6.07, 6.45) is 0.943. The van der Waals surface area contributed by atoms with Crippen molar-refractivity contribution in [1.29, 1.82) is 0 Å². The van der Waals surface area contributed by atoms with E-state index < -0.39 is 0 Å². The van der Waals surface area contributed by atoms with Crippen molar-refractivity contribution in [2.75, 3.05) is 13.2 Å². The summed E-state index contributed by atoms with van der Waals surface area (Å²) >= 11 is 12.2. The molecule has 0 aliphatic heterocycles. The molecule has 0 amide bonds. The zero-order valence-corrected chi connectivity index (χ0v) is 12.7. The van der Waals surface area contributed by atoms with Crippen molar-refractivity contribution in [3.05, 3.63) is 29.0 Å². The van der Waals surface area contributed by atoms with Crippen molar-refractivity contribution in [1.82, 2.24) is 9.55 Å². The molecular weight excluding hydrogens is 283 g/mol. The maximum atomic E-state index is 6.21. The van der Waals surface area contributed by atoms with Gasteiger partial charge < -0.3 is 9.30 Å². The topological polar surface area (TPSA) is 27.1 Å². The van der Waals surface area contributed by atoms with Crippen LogP contribution in [0.25, 0.3) is 11.0 Å². The fourth-order valence-electron chi connectivity index (χ4n) is 2.13. The minimum Gasteiger partial charge on any atom is -0.382 e. The number of rotatable bonds is 6. The number of hydrogen-bond acceptors (Lipinski definition) is 2. The lowest BCUT2D eigenvalue weighted by atomic mass is 10.3. The molecule has 0 radical (unpaired) electrons. The van der Waals surface area contributed by atoms with Gasteiger partial charge in [-0.2, -0.15) is 0 Å². The van der Waals surface area contributed by atoms with E-state index in [1.165, 1.54) is 0 Å². The highest BCUT2D eigenvalue weighted by atomic mass is 35.5. The molecule has 1 aromatic heterocycles. The predicted molar refractivity (Wildman–Crippen MR) is 80.1 cm³/mol. The Morgan fingerprint density at radius 2 is 2.21 bits per heavy atom. The Labute approximate surface area is 123 Å². The third kappa shape index (κ3) is 3.41. The molecular formula is C14H18Cl2N2O. The van der Waals surface area contributed by atoms with E-state index in [4.69, 9.17) is 27.9 Å². The first-order chi connectivity index (χ1) is 9.13. The van der Waals surface area contributed by atoms with Gasteiger partial charge in [0.05, 0.1) is 16.4 Å². The van der Waals surface area contributed by atoms with Gasteiger partial charge in [0, 0.05) is 24.8 Å². The molecule has 0 N–H and O–H groups in total. The normalized spacial score (nSPS) is 13.1. The van der Waals surface area contributed by atoms with Gasteiger partial charge >= 0.3 is 0 Å². The highest BCUT2D eigenvalue weighted by Gasteiger charge is 2.14. The van der Waals surface area contributed by atoms with E-state index in [9.17, 15) is 0 Å². The molecule has 104 valence electrons. The summed E-state index contributed by atoms with van der Waals surface area (Å²) in [6.45, 7) is 6.29. The molecule has 0 aliphatic carbocycles. The van der Waals surface area contributed by atoms with Gasteiger partial charge in [-0.1, -0.05) is 11.6 Å². The maximum absolute atomic E-state index is 6.21. The lowest BCUT2D eigenvalue weighted by Crippen LogP contribution is -2.07. The largest absolute Gasteiger partial charge is 0.382 e. The van der Waals surface area contributed by atoms with Crippen molar-refractivity contribution in [3.63, 3.8) is 0 Å². The van der Waals surface area contributed by atoms with E-state index >= 15 is 0 Å². The monoisotopic (exact) mass is 300 g/mol. The van der Waals surface area contributed by atoms with Crippen LogP contribution >= 0.6 is 23.2 Å². The molecule has 2 aromatic rings. The summed E-state index contributed by atoms with van der Waals surface area (Å²) in [5, 5.41) is 0.568. The molecule has 1 aromatic carbocycles. The molecule has 0 fully saturated rings. The first-order valence-electron chi connectivity index (χ1n) is 6.51. The maximum Gasteiger partial charge on any atom is 0.127 e. The molecule has 0 bridgehead atoms. The van der Waals surface area contributed by atoms with Crippen molar-refractivity contribution in [2.24, 2.45) is 0 Å². The number of aromatic nitrogens is 2. The van der Waals surface area contributed by atoms with E-state index in [1.807, 2.05) is 32.0 Å². The van der Waals surface area contributed by atoms with Crippen LogP contribution in [0.3, 0.4) is 0 Å². The average molecular weight is 301 g/mol. The minimum atomic E-state index is -0.127. The van der Waals surface area contributed by atoms with Gasteiger partial charge in [-0.25, -0.2) is 4.98 Å². The van der Waals surface area contributed by atoms with Crippen LogP contribution in [0, 0.1) is 0 Å². The Bertz CT molecular complexity index is 552. The summed E-state index contributed by atoms with van der Waals surface area (Å²) in [4.78, 5) is 4.58. The minimum absolute atomic E-state index is 0.127. The molecule has 1 heterocycles. The second-order valence-electron chi connectivity index (χ2n) is 4.42. The van der Waals surface area contributed by atoms with Crippen LogP contribution in [0.2, 0.25) is 5.02 Å². The first kappa shape index (κ1) is 14.6. The molecule has 2 rings (SSSR count). The first-order valence-corrected chi connectivity index (χ1v) is 7.32. The molecule has 0 saturated heterocycles. The molecule has 3 nitrogen and oxygen atoms in total. The Morgan fingerprint density at radius 1 is 1.42 bits per heavy atom. The van der Waals surface area contributed by atoms with Gasteiger partial charge in [-0.3, -0.25) is 0 Å². The fourth-order valence-corrected chi connectivity index (χ4v) is 2.46. The standard InChI is InChI=1S/C14H18Cl2N2O/c1-3-19-8-4-7-18-13-6-5-11(16)9-12(13)17-14(18)10(2)15/h5-6,9-10H,3-4,7-8H2,1-2H3. The van der Waals surface area contributed by atoms with E-state index in [0.29, 0.717) is 5.02 Å². The van der Waals surface area contributed by atoms with Gasteiger partial charge in [0.25, 0.3) is 0 Å². The number of benzene rings is 1. The van der Waals surface area contributed by atoms with Crippen LogP contribution in [0.5, 0.6) is 0 Å². The van der Waals surface area contributed by atoms with Crippen LogP contribution in [0.1, 0.15) is 31.5 Å². The zero-order chi connectivity index (χ0) is 13.8. The zero-order valence-electron chi connectivity index (χ0n) is 11.2. The number of ether oxygens (including phenoxy) is 1. The van der Waals surface area contributed by atoms with Gasteiger partial charge in [0.2, 0.25) is 0 Å². The van der Waals surface area contributed by atoms with E-state index in [2.05, 4.69) is 9.55 Å². The number of halogens is 2.